The highest BCUT2D eigenvalue weighted by Crippen LogP contribution is 2.37. The normalized spacial score (nSPS) is 16.8. The SMILES string of the molecule is CC(C)(C)[Si](C)(C)OCC1C=C(c2ccc(OCCOc3ccccc3Cl)cc2)C(OC=O)CN1C(=O)OCc1ccccc1. The Morgan fingerprint density at radius 1 is 0.956 bits per heavy atom. The molecule has 10 heteroatoms. The van der Waals surface area contributed by atoms with Crippen LogP contribution in [0.15, 0.2) is 84.9 Å². The van der Waals surface area contributed by atoms with Crippen molar-refractivity contribution in [1.82, 2.24) is 4.90 Å². The maximum atomic E-state index is 13.4. The zero-order chi connectivity index (χ0) is 32.5. The molecular weight excluding hydrogens is 610 g/mol. The molecule has 2 unspecified atom stereocenters. The first-order chi connectivity index (χ1) is 21.5. The molecule has 4 rings (SSSR count). The molecule has 0 fully saturated rings. The molecule has 8 nitrogen and oxygen atoms in total. The van der Waals surface area contributed by atoms with Gasteiger partial charge >= 0.3 is 6.09 Å². The van der Waals surface area contributed by atoms with Gasteiger partial charge in [-0.25, -0.2) is 4.79 Å². The Balaban J connectivity index is 1.50. The van der Waals surface area contributed by atoms with E-state index in [9.17, 15) is 9.59 Å². The highest BCUT2D eigenvalue weighted by molar-refractivity contribution is 6.74. The number of hydrogen-bond donors (Lipinski definition) is 0. The zero-order valence-electron chi connectivity index (χ0n) is 26.5. The lowest BCUT2D eigenvalue weighted by atomic mass is 9.93. The van der Waals surface area contributed by atoms with Gasteiger partial charge in [0.15, 0.2) is 8.32 Å². The fourth-order valence-corrected chi connectivity index (χ4v) is 5.77. The van der Waals surface area contributed by atoms with Gasteiger partial charge in [0.1, 0.15) is 37.4 Å². The summed E-state index contributed by atoms with van der Waals surface area (Å²) >= 11 is 6.15. The van der Waals surface area contributed by atoms with Crippen molar-refractivity contribution < 1.29 is 33.0 Å². The molecule has 1 amide bonds. The van der Waals surface area contributed by atoms with Gasteiger partial charge in [-0.15, -0.1) is 0 Å². The number of benzene rings is 3. The summed E-state index contributed by atoms with van der Waals surface area (Å²) in [5.74, 6) is 1.27. The minimum atomic E-state index is -2.14. The molecule has 0 aliphatic carbocycles. The van der Waals surface area contributed by atoms with Gasteiger partial charge in [-0.05, 0) is 59.1 Å². The van der Waals surface area contributed by atoms with Gasteiger partial charge in [-0.2, -0.15) is 0 Å². The average Bonchev–Trinajstić information content (AvgIpc) is 3.02. The third-order valence-electron chi connectivity index (χ3n) is 8.20. The highest BCUT2D eigenvalue weighted by Gasteiger charge is 2.40. The van der Waals surface area contributed by atoms with E-state index in [2.05, 4.69) is 33.9 Å². The third kappa shape index (κ3) is 9.36. The van der Waals surface area contributed by atoms with E-state index >= 15 is 0 Å². The van der Waals surface area contributed by atoms with Crippen molar-refractivity contribution in [2.24, 2.45) is 0 Å². The molecule has 3 aromatic rings. The van der Waals surface area contributed by atoms with Crippen molar-refractivity contribution in [2.75, 3.05) is 26.4 Å². The highest BCUT2D eigenvalue weighted by atomic mass is 35.5. The molecule has 45 heavy (non-hydrogen) atoms. The molecular formula is C35H42ClNO7Si. The molecule has 1 heterocycles. The van der Waals surface area contributed by atoms with Crippen LogP contribution in [0.5, 0.6) is 11.5 Å². The van der Waals surface area contributed by atoms with Crippen molar-refractivity contribution >= 4 is 38.1 Å². The van der Waals surface area contributed by atoms with E-state index in [0.717, 1.165) is 16.7 Å². The van der Waals surface area contributed by atoms with Gasteiger partial charge < -0.3 is 23.4 Å². The number of nitrogens with zero attached hydrogens (tertiary/aromatic N) is 1. The van der Waals surface area contributed by atoms with Gasteiger partial charge in [0.05, 0.1) is 24.2 Å². The van der Waals surface area contributed by atoms with Crippen LogP contribution in [0.3, 0.4) is 0 Å². The second kappa shape index (κ2) is 15.5. The van der Waals surface area contributed by atoms with E-state index in [-0.39, 0.29) is 18.2 Å². The molecule has 0 aromatic heterocycles. The van der Waals surface area contributed by atoms with Crippen LogP contribution in [-0.2, 0) is 25.3 Å². The second-order valence-corrected chi connectivity index (χ2v) is 17.5. The summed E-state index contributed by atoms with van der Waals surface area (Å²) in [6.07, 6.45) is 0.758. The maximum absolute atomic E-state index is 13.4. The number of hydrogen-bond acceptors (Lipinski definition) is 7. The summed E-state index contributed by atoms with van der Waals surface area (Å²) in [4.78, 5) is 26.6. The number of carbonyl (C=O) groups excluding carboxylic acids is 2. The summed E-state index contributed by atoms with van der Waals surface area (Å²) in [6.45, 7) is 12.5. The lowest BCUT2D eigenvalue weighted by Crippen LogP contribution is -2.52. The zero-order valence-corrected chi connectivity index (χ0v) is 28.3. The van der Waals surface area contributed by atoms with Crippen LogP contribution in [0.1, 0.15) is 31.9 Å². The Morgan fingerprint density at radius 2 is 1.62 bits per heavy atom. The van der Waals surface area contributed by atoms with E-state index in [0.29, 0.717) is 42.8 Å². The number of ether oxygens (including phenoxy) is 4. The summed E-state index contributed by atoms with van der Waals surface area (Å²) in [5, 5.41) is 0.537. The lowest BCUT2D eigenvalue weighted by Gasteiger charge is -2.41. The van der Waals surface area contributed by atoms with Crippen LogP contribution in [0, 0.1) is 0 Å². The van der Waals surface area contributed by atoms with Crippen LogP contribution < -0.4 is 9.47 Å². The summed E-state index contributed by atoms with van der Waals surface area (Å²) in [7, 11) is -2.14. The van der Waals surface area contributed by atoms with E-state index in [1.54, 1.807) is 11.0 Å². The Hall–Kier alpha value is -3.79. The molecule has 0 spiro atoms. The standard InChI is InChI=1S/C35H42ClNO7Si/c1-35(2,3)45(4,5)44-24-28-21-30(33(43-25-38)22-37(28)34(39)42-23-26-11-7-6-8-12-26)27-15-17-29(18-16-27)40-19-20-41-32-14-10-9-13-31(32)36/h6-18,21,25,28,33H,19-20,22-24H2,1-5H3. The topological polar surface area (TPSA) is 83.5 Å². The van der Waals surface area contributed by atoms with E-state index in [1.807, 2.05) is 78.9 Å². The van der Waals surface area contributed by atoms with Gasteiger partial charge in [-0.1, -0.05) is 93.0 Å². The first-order valence-corrected chi connectivity index (χ1v) is 18.3. The Morgan fingerprint density at radius 3 is 2.29 bits per heavy atom. The molecule has 1 aliphatic rings. The van der Waals surface area contributed by atoms with Gasteiger partial charge in [-0.3, -0.25) is 9.69 Å². The molecule has 0 saturated carbocycles. The maximum Gasteiger partial charge on any atom is 0.410 e. The van der Waals surface area contributed by atoms with Crippen molar-refractivity contribution in [3.8, 4) is 11.5 Å². The van der Waals surface area contributed by atoms with E-state index in [1.165, 1.54) is 0 Å². The van der Waals surface area contributed by atoms with Gasteiger partial charge in [0.25, 0.3) is 6.47 Å². The quantitative estimate of drug-likeness (QED) is 0.106. The van der Waals surface area contributed by atoms with Crippen molar-refractivity contribution in [3.63, 3.8) is 0 Å². The smallest absolute Gasteiger partial charge is 0.410 e. The predicted molar refractivity (Wildman–Crippen MR) is 178 cm³/mol. The molecule has 0 N–H and O–H groups in total. The average molecular weight is 652 g/mol. The Kier molecular flexibility index (Phi) is 11.7. The van der Waals surface area contributed by atoms with Crippen LogP contribution in [-0.4, -0.2) is 64.3 Å². The molecule has 0 bridgehead atoms. The van der Waals surface area contributed by atoms with E-state index < -0.39 is 26.6 Å². The number of carbonyl (C=O) groups is 2. The minimum Gasteiger partial charge on any atom is -0.490 e. The number of para-hydroxylation sites is 1. The van der Waals surface area contributed by atoms with Crippen molar-refractivity contribution in [1.29, 1.82) is 0 Å². The molecule has 3 aromatic carbocycles. The first kappa shape index (κ1) is 34.1. The molecule has 1 aliphatic heterocycles. The molecule has 0 radical (unpaired) electrons. The summed E-state index contributed by atoms with van der Waals surface area (Å²) in [6, 6.07) is 23.9. The first-order valence-electron chi connectivity index (χ1n) is 15.0. The largest absolute Gasteiger partial charge is 0.490 e. The van der Waals surface area contributed by atoms with Crippen LogP contribution in [0.25, 0.3) is 5.57 Å². The molecule has 0 saturated heterocycles. The Bertz CT molecular complexity index is 1440. The van der Waals surface area contributed by atoms with Crippen molar-refractivity contribution in [2.45, 2.75) is 57.7 Å². The number of amides is 1. The Labute approximate surface area is 272 Å². The third-order valence-corrected chi connectivity index (χ3v) is 13.0. The fourth-order valence-electron chi connectivity index (χ4n) is 4.56. The number of rotatable bonds is 13. The van der Waals surface area contributed by atoms with Gasteiger partial charge in [0, 0.05) is 0 Å². The van der Waals surface area contributed by atoms with Crippen LogP contribution >= 0.6 is 11.6 Å². The number of halogens is 1. The molecule has 240 valence electrons. The fraction of sp³-hybridized carbons (Fsp3) is 0.371. The minimum absolute atomic E-state index is 0.00967. The van der Waals surface area contributed by atoms with Crippen molar-refractivity contribution in [3.05, 3.63) is 101 Å². The molecule has 2 atom stereocenters. The van der Waals surface area contributed by atoms with Crippen LogP contribution in [0.4, 0.5) is 4.79 Å². The van der Waals surface area contributed by atoms with Gasteiger partial charge in [0.2, 0.25) is 0 Å². The monoisotopic (exact) mass is 651 g/mol. The second-order valence-electron chi connectivity index (χ2n) is 12.3. The summed E-state index contributed by atoms with van der Waals surface area (Å²) < 4.78 is 29.3. The summed E-state index contributed by atoms with van der Waals surface area (Å²) in [5.41, 5.74) is 2.51. The lowest BCUT2D eigenvalue weighted by molar-refractivity contribution is -0.132. The van der Waals surface area contributed by atoms with E-state index in [4.69, 9.17) is 35.0 Å². The predicted octanol–water partition coefficient (Wildman–Crippen LogP) is 7.77. The van der Waals surface area contributed by atoms with Crippen LogP contribution in [0.2, 0.25) is 23.2 Å².